The van der Waals surface area contributed by atoms with Gasteiger partial charge in [0.2, 0.25) is 5.95 Å². The number of hydrogen-bond donors (Lipinski definition) is 1. The van der Waals surface area contributed by atoms with E-state index in [0.29, 0.717) is 5.56 Å². The molecule has 1 aromatic heterocycles. The summed E-state index contributed by atoms with van der Waals surface area (Å²) in [5, 5.41) is 8.54. The van der Waals surface area contributed by atoms with Gasteiger partial charge in [-0.05, 0) is 19.4 Å². The van der Waals surface area contributed by atoms with E-state index in [1.807, 2.05) is 0 Å². The Hall–Kier alpha value is -2.49. The van der Waals surface area contributed by atoms with Gasteiger partial charge in [-0.25, -0.2) is 9.78 Å². The van der Waals surface area contributed by atoms with E-state index >= 15 is 0 Å². The Balaban J connectivity index is 3.09. The Morgan fingerprint density at radius 3 is 2.75 bits per heavy atom. The Kier molecular flexibility index (Phi) is 4.75. The van der Waals surface area contributed by atoms with E-state index in [2.05, 4.69) is 4.98 Å². The number of carbonyl (C=O) groups is 2. The van der Waals surface area contributed by atoms with Crippen molar-refractivity contribution in [3.63, 3.8) is 0 Å². The van der Waals surface area contributed by atoms with Gasteiger partial charge in [0, 0.05) is 24.2 Å². The molecule has 1 amide bonds. The van der Waals surface area contributed by atoms with Gasteiger partial charge in [0.1, 0.15) is 5.60 Å². The van der Waals surface area contributed by atoms with E-state index in [-0.39, 0.29) is 18.4 Å². The molecule has 1 aromatic rings. The lowest BCUT2D eigenvalue weighted by Crippen LogP contribution is -2.33. The zero-order chi connectivity index (χ0) is 15.3. The summed E-state index contributed by atoms with van der Waals surface area (Å²) in [6.07, 6.45) is -0.00929. The minimum atomic E-state index is -0.979. The van der Waals surface area contributed by atoms with E-state index < -0.39 is 23.4 Å². The molecule has 0 saturated carbocycles. The number of nitrogens with two attached hydrogens (primary N) is 1. The maximum atomic E-state index is 13.1. The average Bonchev–Trinajstić information content (AvgIpc) is 2.29. The first-order valence-corrected chi connectivity index (χ1v) is 5.78. The molecule has 0 aliphatic heterocycles. The zero-order valence-corrected chi connectivity index (χ0v) is 11.1. The second-order valence-corrected chi connectivity index (χ2v) is 4.78. The van der Waals surface area contributed by atoms with Gasteiger partial charge in [-0.1, -0.05) is 0 Å². The number of amides is 1. The minimum absolute atomic E-state index is 0.0557. The molecular formula is C13H14FN3O3. The van der Waals surface area contributed by atoms with Gasteiger partial charge < -0.3 is 10.5 Å². The number of ether oxygens (including phenoxy) is 1. The first kappa shape index (κ1) is 15.6. The zero-order valence-electron chi connectivity index (χ0n) is 11.1. The molecule has 0 spiro atoms. The van der Waals surface area contributed by atoms with Gasteiger partial charge >= 0.3 is 6.09 Å². The summed E-state index contributed by atoms with van der Waals surface area (Å²) in [6.45, 7) is 3.19. The van der Waals surface area contributed by atoms with Gasteiger partial charge in [-0.2, -0.15) is 9.65 Å². The smallest absolute Gasteiger partial charge is 0.405 e. The van der Waals surface area contributed by atoms with Crippen molar-refractivity contribution >= 4 is 11.9 Å². The number of nitriles is 1. The maximum absolute atomic E-state index is 13.1. The highest BCUT2D eigenvalue weighted by molar-refractivity contribution is 5.98. The van der Waals surface area contributed by atoms with E-state index in [4.69, 9.17) is 15.7 Å². The summed E-state index contributed by atoms with van der Waals surface area (Å²) in [6, 6.07) is 2.68. The molecule has 0 unspecified atom stereocenters. The van der Waals surface area contributed by atoms with Crippen LogP contribution in [-0.4, -0.2) is 22.5 Å². The SMILES string of the molecule is CC(C)(Cc1cnc(F)cc1C(=O)CC#N)OC(N)=O. The molecule has 20 heavy (non-hydrogen) atoms. The number of nitrogens with zero attached hydrogens (tertiary/aromatic N) is 2. The van der Waals surface area contributed by atoms with Crippen molar-refractivity contribution in [2.24, 2.45) is 5.73 Å². The van der Waals surface area contributed by atoms with Crippen molar-refractivity contribution in [3.8, 4) is 6.07 Å². The lowest BCUT2D eigenvalue weighted by molar-refractivity contribution is 0.0458. The molecule has 0 fully saturated rings. The van der Waals surface area contributed by atoms with Crippen LogP contribution in [0.25, 0.3) is 0 Å². The highest BCUT2D eigenvalue weighted by Gasteiger charge is 2.25. The predicted molar refractivity (Wildman–Crippen MR) is 67.2 cm³/mol. The number of aromatic nitrogens is 1. The van der Waals surface area contributed by atoms with Crippen LogP contribution >= 0.6 is 0 Å². The summed E-state index contributed by atoms with van der Waals surface area (Å²) in [7, 11) is 0. The van der Waals surface area contributed by atoms with Crippen LogP contribution in [0, 0.1) is 17.3 Å². The summed E-state index contributed by atoms with van der Waals surface area (Å²) < 4.78 is 18.0. The molecule has 0 aliphatic rings. The summed E-state index contributed by atoms with van der Waals surface area (Å²) in [5.74, 6) is -1.33. The molecule has 1 heterocycles. The summed E-state index contributed by atoms with van der Waals surface area (Å²) in [4.78, 5) is 26.0. The predicted octanol–water partition coefficient (Wildman–Crippen LogP) is 1.73. The number of primary amides is 1. The number of ketones is 1. The molecule has 2 N–H and O–H groups in total. The van der Waals surface area contributed by atoms with Crippen LogP contribution in [0.5, 0.6) is 0 Å². The molecule has 7 heteroatoms. The van der Waals surface area contributed by atoms with Crippen LogP contribution in [0.1, 0.15) is 36.2 Å². The summed E-state index contributed by atoms with van der Waals surface area (Å²) >= 11 is 0. The Morgan fingerprint density at radius 1 is 1.55 bits per heavy atom. The first-order valence-electron chi connectivity index (χ1n) is 5.78. The number of hydrogen-bond acceptors (Lipinski definition) is 5. The Labute approximate surface area is 115 Å². The number of carbonyl (C=O) groups excluding carboxylic acids is 2. The van der Waals surface area contributed by atoms with Crippen molar-refractivity contribution in [2.75, 3.05) is 0 Å². The van der Waals surface area contributed by atoms with Crippen molar-refractivity contribution in [3.05, 3.63) is 29.3 Å². The van der Waals surface area contributed by atoms with E-state index in [0.717, 1.165) is 6.07 Å². The normalized spacial score (nSPS) is 10.7. The van der Waals surface area contributed by atoms with Gasteiger partial charge in [0.25, 0.3) is 0 Å². The van der Waals surface area contributed by atoms with Crippen LogP contribution < -0.4 is 5.73 Å². The van der Waals surface area contributed by atoms with Crippen LogP contribution in [0.3, 0.4) is 0 Å². The van der Waals surface area contributed by atoms with Gasteiger partial charge in [-0.15, -0.1) is 0 Å². The minimum Gasteiger partial charge on any atom is -0.443 e. The number of halogens is 1. The first-order chi connectivity index (χ1) is 9.25. The lowest BCUT2D eigenvalue weighted by atomic mass is 9.94. The van der Waals surface area contributed by atoms with Gasteiger partial charge in [0.05, 0.1) is 12.5 Å². The fourth-order valence-corrected chi connectivity index (χ4v) is 1.79. The van der Waals surface area contributed by atoms with Crippen molar-refractivity contribution in [1.29, 1.82) is 5.26 Å². The fourth-order valence-electron chi connectivity index (χ4n) is 1.79. The second kappa shape index (κ2) is 6.10. The van der Waals surface area contributed by atoms with Crippen LogP contribution in [0.4, 0.5) is 9.18 Å². The molecule has 1 rings (SSSR count). The molecule has 6 nitrogen and oxygen atoms in total. The van der Waals surface area contributed by atoms with Gasteiger partial charge in [-0.3, -0.25) is 4.79 Å². The molecule has 0 radical (unpaired) electrons. The highest BCUT2D eigenvalue weighted by Crippen LogP contribution is 2.21. The molecular weight excluding hydrogens is 265 g/mol. The van der Waals surface area contributed by atoms with E-state index in [9.17, 15) is 14.0 Å². The van der Waals surface area contributed by atoms with Crippen LogP contribution in [0.2, 0.25) is 0 Å². The number of Topliss-reactive ketones (excluding diaryl/α,β-unsaturated/α-hetero) is 1. The van der Waals surface area contributed by atoms with Gasteiger partial charge in [0.15, 0.2) is 5.78 Å². The van der Waals surface area contributed by atoms with Crippen LogP contribution in [-0.2, 0) is 11.2 Å². The fraction of sp³-hybridized carbons (Fsp3) is 0.385. The van der Waals surface area contributed by atoms with E-state index in [1.165, 1.54) is 6.20 Å². The third kappa shape index (κ3) is 4.31. The average molecular weight is 279 g/mol. The maximum Gasteiger partial charge on any atom is 0.405 e. The second-order valence-electron chi connectivity index (χ2n) is 4.78. The third-order valence-corrected chi connectivity index (χ3v) is 2.49. The molecule has 0 bridgehead atoms. The third-order valence-electron chi connectivity index (χ3n) is 2.49. The molecule has 0 saturated heterocycles. The largest absolute Gasteiger partial charge is 0.443 e. The molecule has 0 aromatic carbocycles. The molecule has 106 valence electrons. The van der Waals surface area contributed by atoms with Crippen molar-refractivity contribution in [2.45, 2.75) is 32.3 Å². The topological polar surface area (TPSA) is 106 Å². The van der Waals surface area contributed by atoms with Crippen molar-refractivity contribution < 1.29 is 18.7 Å². The van der Waals surface area contributed by atoms with E-state index in [1.54, 1.807) is 19.9 Å². The van der Waals surface area contributed by atoms with Crippen LogP contribution in [0.15, 0.2) is 12.3 Å². The number of pyridine rings is 1. The number of rotatable bonds is 5. The Morgan fingerprint density at radius 2 is 2.20 bits per heavy atom. The molecule has 0 atom stereocenters. The summed E-state index contributed by atoms with van der Waals surface area (Å²) in [5.41, 5.74) is 4.42. The monoisotopic (exact) mass is 279 g/mol. The Bertz CT molecular complexity index is 579. The van der Waals surface area contributed by atoms with Crippen molar-refractivity contribution in [1.82, 2.24) is 4.98 Å². The molecule has 0 aliphatic carbocycles. The standard InChI is InChI=1S/C13H14FN3O3/c1-13(2,20-12(16)19)6-8-7-17-11(14)5-9(8)10(18)3-4-15/h5,7H,3,6H2,1-2H3,(H2,16,19). The highest BCUT2D eigenvalue weighted by atomic mass is 19.1. The lowest BCUT2D eigenvalue weighted by Gasteiger charge is -2.24. The quantitative estimate of drug-likeness (QED) is 0.652.